The van der Waals surface area contributed by atoms with Crippen LogP contribution in [0.1, 0.15) is 13.3 Å². The van der Waals surface area contributed by atoms with E-state index in [2.05, 4.69) is 12.2 Å². The standard InChI is InChI=1S/C6H13NO/c1-2-6-5-7-3-4-8-6/h6-7H,2-5H2,1H3/t6-/m0/s1. The third-order valence-electron chi connectivity index (χ3n) is 1.46. The van der Waals surface area contributed by atoms with Crippen LogP contribution in [0.4, 0.5) is 0 Å². The normalized spacial score (nSPS) is 30.4. The van der Waals surface area contributed by atoms with E-state index < -0.39 is 0 Å². The van der Waals surface area contributed by atoms with Gasteiger partial charge in [-0.05, 0) is 6.42 Å². The van der Waals surface area contributed by atoms with Crippen molar-refractivity contribution in [1.29, 1.82) is 0 Å². The molecule has 0 aromatic rings. The van der Waals surface area contributed by atoms with E-state index in [1.807, 2.05) is 0 Å². The molecule has 0 bridgehead atoms. The molecule has 48 valence electrons. The average molecular weight is 115 g/mol. The van der Waals surface area contributed by atoms with Crippen molar-refractivity contribution >= 4 is 0 Å². The monoisotopic (exact) mass is 115 g/mol. The lowest BCUT2D eigenvalue weighted by Crippen LogP contribution is -2.37. The molecule has 0 unspecified atom stereocenters. The van der Waals surface area contributed by atoms with Gasteiger partial charge in [-0.3, -0.25) is 0 Å². The molecule has 1 heterocycles. The molecule has 0 spiro atoms. The predicted molar refractivity (Wildman–Crippen MR) is 32.9 cm³/mol. The minimum absolute atomic E-state index is 0.476. The van der Waals surface area contributed by atoms with Crippen LogP contribution in [0.5, 0.6) is 0 Å². The van der Waals surface area contributed by atoms with Crippen LogP contribution in [0.2, 0.25) is 0 Å². The summed E-state index contributed by atoms with van der Waals surface area (Å²) in [7, 11) is 0. The Balaban J connectivity index is 2.13. The summed E-state index contributed by atoms with van der Waals surface area (Å²) in [5.41, 5.74) is 0. The van der Waals surface area contributed by atoms with Gasteiger partial charge in [0.15, 0.2) is 0 Å². The second-order valence-corrected chi connectivity index (χ2v) is 2.11. The predicted octanol–water partition coefficient (Wildman–Crippen LogP) is 0.385. The molecule has 0 saturated carbocycles. The van der Waals surface area contributed by atoms with Crippen molar-refractivity contribution in [2.45, 2.75) is 19.4 Å². The van der Waals surface area contributed by atoms with Crippen molar-refractivity contribution in [3.63, 3.8) is 0 Å². The lowest BCUT2D eigenvalue weighted by molar-refractivity contribution is 0.0267. The maximum atomic E-state index is 5.36. The Kier molecular flexibility index (Phi) is 2.30. The molecule has 2 heteroatoms. The molecule has 1 aliphatic heterocycles. The Hall–Kier alpha value is -0.0800. The molecular weight excluding hydrogens is 102 g/mol. The first-order valence-corrected chi connectivity index (χ1v) is 3.26. The van der Waals surface area contributed by atoms with Crippen molar-refractivity contribution < 1.29 is 4.74 Å². The van der Waals surface area contributed by atoms with Crippen LogP contribution < -0.4 is 5.32 Å². The first kappa shape index (κ1) is 6.05. The number of hydrogen-bond donors (Lipinski definition) is 1. The van der Waals surface area contributed by atoms with Gasteiger partial charge in [0.05, 0.1) is 12.7 Å². The largest absolute Gasteiger partial charge is 0.376 e. The van der Waals surface area contributed by atoms with E-state index >= 15 is 0 Å². The Morgan fingerprint density at radius 2 is 2.62 bits per heavy atom. The highest BCUT2D eigenvalue weighted by molar-refractivity contribution is 4.63. The molecule has 1 saturated heterocycles. The molecular formula is C6H13NO. The van der Waals surface area contributed by atoms with Crippen LogP contribution in [0.25, 0.3) is 0 Å². The topological polar surface area (TPSA) is 21.3 Å². The number of morpholine rings is 1. The van der Waals surface area contributed by atoms with Crippen LogP contribution in [-0.4, -0.2) is 25.8 Å². The molecule has 0 radical (unpaired) electrons. The molecule has 8 heavy (non-hydrogen) atoms. The summed E-state index contributed by atoms with van der Waals surface area (Å²) in [5, 5.41) is 3.26. The van der Waals surface area contributed by atoms with Crippen molar-refractivity contribution in [1.82, 2.24) is 5.32 Å². The Bertz CT molecular complexity index is 59.5. The summed E-state index contributed by atoms with van der Waals surface area (Å²) in [5.74, 6) is 0. The van der Waals surface area contributed by atoms with Crippen molar-refractivity contribution in [2.75, 3.05) is 19.7 Å². The first-order valence-electron chi connectivity index (χ1n) is 3.26. The minimum atomic E-state index is 0.476. The molecule has 2 nitrogen and oxygen atoms in total. The third kappa shape index (κ3) is 1.46. The summed E-state index contributed by atoms with van der Waals surface area (Å²) in [6, 6.07) is 0. The van der Waals surface area contributed by atoms with Gasteiger partial charge in [0, 0.05) is 13.1 Å². The van der Waals surface area contributed by atoms with E-state index in [-0.39, 0.29) is 0 Å². The molecule has 0 aliphatic carbocycles. The Labute approximate surface area is 50.2 Å². The maximum Gasteiger partial charge on any atom is 0.0697 e. The van der Waals surface area contributed by atoms with E-state index in [9.17, 15) is 0 Å². The van der Waals surface area contributed by atoms with Crippen molar-refractivity contribution in [3.05, 3.63) is 0 Å². The van der Waals surface area contributed by atoms with Crippen LogP contribution in [0, 0.1) is 0 Å². The van der Waals surface area contributed by atoms with Gasteiger partial charge in [-0.15, -0.1) is 0 Å². The smallest absolute Gasteiger partial charge is 0.0697 e. The molecule has 1 N–H and O–H groups in total. The van der Waals surface area contributed by atoms with E-state index in [4.69, 9.17) is 4.74 Å². The summed E-state index contributed by atoms with van der Waals surface area (Å²) in [6.45, 7) is 5.10. The summed E-state index contributed by atoms with van der Waals surface area (Å²) >= 11 is 0. The highest BCUT2D eigenvalue weighted by Crippen LogP contribution is 1.98. The van der Waals surface area contributed by atoms with Crippen molar-refractivity contribution in [2.24, 2.45) is 0 Å². The molecule has 0 aromatic carbocycles. The lowest BCUT2D eigenvalue weighted by Gasteiger charge is -2.21. The van der Waals surface area contributed by atoms with Gasteiger partial charge in [0.1, 0.15) is 0 Å². The zero-order valence-corrected chi connectivity index (χ0v) is 5.31. The molecule has 1 atom stereocenters. The Morgan fingerprint density at radius 3 is 3.00 bits per heavy atom. The Morgan fingerprint density at radius 1 is 1.75 bits per heavy atom. The van der Waals surface area contributed by atoms with Gasteiger partial charge in [0.25, 0.3) is 0 Å². The van der Waals surface area contributed by atoms with Crippen LogP contribution >= 0.6 is 0 Å². The highest BCUT2D eigenvalue weighted by atomic mass is 16.5. The fourth-order valence-corrected chi connectivity index (χ4v) is 0.882. The second kappa shape index (κ2) is 3.05. The SMILES string of the molecule is CC[C@H]1CNCCO1. The summed E-state index contributed by atoms with van der Waals surface area (Å²) in [4.78, 5) is 0. The van der Waals surface area contributed by atoms with E-state index in [0.717, 1.165) is 26.1 Å². The van der Waals surface area contributed by atoms with E-state index in [0.29, 0.717) is 6.10 Å². The number of hydrogen-bond acceptors (Lipinski definition) is 2. The summed E-state index contributed by atoms with van der Waals surface area (Å²) < 4.78 is 5.36. The molecule has 1 rings (SSSR count). The van der Waals surface area contributed by atoms with Crippen molar-refractivity contribution in [3.8, 4) is 0 Å². The van der Waals surface area contributed by atoms with Gasteiger partial charge in [-0.25, -0.2) is 0 Å². The highest BCUT2D eigenvalue weighted by Gasteiger charge is 2.08. The van der Waals surface area contributed by atoms with Gasteiger partial charge in [-0.2, -0.15) is 0 Å². The minimum Gasteiger partial charge on any atom is -0.376 e. The molecule has 0 aromatic heterocycles. The first-order chi connectivity index (χ1) is 3.93. The second-order valence-electron chi connectivity index (χ2n) is 2.11. The molecule has 0 amide bonds. The fraction of sp³-hybridized carbons (Fsp3) is 1.00. The maximum absolute atomic E-state index is 5.36. The van der Waals surface area contributed by atoms with Crippen LogP contribution in [-0.2, 0) is 4.74 Å². The molecule has 1 aliphatic rings. The van der Waals surface area contributed by atoms with E-state index in [1.54, 1.807) is 0 Å². The van der Waals surface area contributed by atoms with Gasteiger partial charge < -0.3 is 10.1 Å². The van der Waals surface area contributed by atoms with Crippen LogP contribution in [0.15, 0.2) is 0 Å². The third-order valence-corrected chi connectivity index (χ3v) is 1.46. The zero-order valence-electron chi connectivity index (χ0n) is 5.31. The van der Waals surface area contributed by atoms with Gasteiger partial charge in [0.2, 0.25) is 0 Å². The van der Waals surface area contributed by atoms with E-state index in [1.165, 1.54) is 0 Å². The average Bonchev–Trinajstić information content (AvgIpc) is 1.90. The summed E-state index contributed by atoms with van der Waals surface area (Å²) in [6.07, 6.45) is 1.61. The molecule has 1 fully saturated rings. The van der Waals surface area contributed by atoms with Gasteiger partial charge in [-0.1, -0.05) is 6.92 Å². The number of rotatable bonds is 1. The number of nitrogens with one attached hydrogen (secondary N) is 1. The fourth-order valence-electron chi connectivity index (χ4n) is 0.882. The zero-order chi connectivity index (χ0) is 5.82. The quantitative estimate of drug-likeness (QED) is 0.533. The lowest BCUT2D eigenvalue weighted by atomic mass is 10.2. The van der Waals surface area contributed by atoms with Crippen LogP contribution in [0.3, 0.4) is 0 Å². The number of ether oxygens (including phenoxy) is 1. The van der Waals surface area contributed by atoms with Gasteiger partial charge >= 0.3 is 0 Å².